The van der Waals surface area contributed by atoms with Crippen molar-refractivity contribution in [2.75, 3.05) is 12.4 Å². The van der Waals surface area contributed by atoms with E-state index in [4.69, 9.17) is 0 Å². The van der Waals surface area contributed by atoms with Crippen LogP contribution in [0, 0.1) is 5.92 Å². The molecule has 0 saturated carbocycles. The highest BCUT2D eigenvalue weighted by molar-refractivity contribution is 5.79. The first kappa shape index (κ1) is 12.5. The number of nitrogens with one attached hydrogen (secondary N) is 1. The fourth-order valence-electron chi connectivity index (χ4n) is 1.78. The molecular formula is C14H19NO. The summed E-state index contributed by atoms with van der Waals surface area (Å²) in [5.41, 5.74) is 3.46. The zero-order valence-electron chi connectivity index (χ0n) is 10.2. The maximum Gasteiger partial charge on any atom is 0.142 e. The summed E-state index contributed by atoms with van der Waals surface area (Å²) in [6.45, 7) is 4.39. The van der Waals surface area contributed by atoms with E-state index in [2.05, 4.69) is 25.2 Å². The van der Waals surface area contributed by atoms with Gasteiger partial charge in [0, 0.05) is 18.3 Å². The average Bonchev–Trinajstić information content (AvgIpc) is 2.26. The summed E-state index contributed by atoms with van der Waals surface area (Å²) >= 11 is 0. The number of benzene rings is 1. The van der Waals surface area contributed by atoms with Gasteiger partial charge in [-0.15, -0.1) is 0 Å². The van der Waals surface area contributed by atoms with Gasteiger partial charge in [-0.2, -0.15) is 0 Å². The molecule has 0 heterocycles. The van der Waals surface area contributed by atoms with Crippen molar-refractivity contribution in [3.05, 3.63) is 35.4 Å². The van der Waals surface area contributed by atoms with Crippen molar-refractivity contribution in [3.8, 4) is 0 Å². The van der Waals surface area contributed by atoms with Gasteiger partial charge in [-0.1, -0.05) is 26.0 Å². The van der Waals surface area contributed by atoms with Crippen LogP contribution in [0.5, 0.6) is 0 Å². The lowest BCUT2D eigenvalue weighted by molar-refractivity contribution is -0.104. The molecule has 0 radical (unpaired) electrons. The fourth-order valence-corrected chi connectivity index (χ4v) is 1.78. The number of carbonyl (C=O) groups is 1. The van der Waals surface area contributed by atoms with E-state index >= 15 is 0 Å². The van der Waals surface area contributed by atoms with Gasteiger partial charge in [0.05, 0.1) is 0 Å². The van der Waals surface area contributed by atoms with Gasteiger partial charge in [0.15, 0.2) is 0 Å². The second-order valence-electron chi connectivity index (χ2n) is 4.22. The van der Waals surface area contributed by atoms with Crippen LogP contribution >= 0.6 is 0 Å². The van der Waals surface area contributed by atoms with E-state index in [-0.39, 0.29) is 0 Å². The Kier molecular flexibility index (Phi) is 4.77. The van der Waals surface area contributed by atoms with Crippen molar-refractivity contribution in [1.82, 2.24) is 0 Å². The predicted molar refractivity (Wildman–Crippen MR) is 69.6 cm³/mol. The van der Waals surface area contributed by atoms with Crippen LogP contribution in [0.2, 0.25) is 0 Å². The molecule has 0 fully saturated rings. The first-order valence-electron chi connectivity index (χ1n) is 5.60. The Labute approximate surface area is 97.4 Å². The number of hydrogen-bond acceptors (Lipinski definition) is 2. The highest BCUT2D eigenvalue weighted by Gasteiger charge is 2.06. The monoisotopic (exact) mass is 217 g/mol. The molecule has 0 spiro atoms. The molecule has 0 atom stereocenters. The van der Waals surface area contributed by atoms with Crippen LogP contribution in [0.15, 0.2) is 24.3 Å². The molecule has 1 aromatic rings. The number of anilines is 1. The third-order valence-electron chi connectivity index (χ3n) is 2.44. The Morgan fingerprint density at radius 3 is 2.69 bits per heavy atom. The molecule has 2 heteroatoms. The number of allylic oxidation sites excluding steroid dienone is 1. The number of aldehydes is 1. The quantitative estimate of drug-likeness (QED) is 0.606. The lowest BCUT2D eigenvalue weighted by atomic mass is 9.96. The summed E-state index contributed by atoms with van der Waals surface area (Å²) < 4.78 is 0. The molecule has 1 rings (SSSR count). The van der Waals surface area contributed by atoms with Gasteiger partial charge in [-0.3, -0.25) is 4.79 Å². The van der Waals surface area contributed by atoms with Crippen LogP contribution in [0.1, 0.15) is 25.0 Å². The molecule has 0 aliphatic heterocycles. The normalized spacial score (nSPS) is 11.0. The summed E-state index contributed by atoms with van der Waals surface area (Å²) in [6.07, 6.45) is 5.25. The highest BCUT2D eigenvalue weighted by Crippen LogP contribution is 2.23. The molecule has 0 unspecified atom stereocenters. The molecule has 86 valence electrons. The first-order chi connectivity index (χ1) is 7.69. The molecule has 0 amide bonds. The predicted octanol–water partition coefficient (Wildman–Crippen LogP) is 3.14. The van der Waals surface area contributed by atoms with Crippen molar-refractivity contribution in [3.63, 3.8) is 0 Å². The lowest BCUT2D eigenvalue weighted by Gasteiger charge is -2.13. The largest absolute Gasteiger partial charge is 0.388 e. The van der Waals surface area contributed by atoms with Crippen LogP contribution in [0.3, 0.4) is 0 Å². The van der Waals surface area contributed by atoms with Crippen LogP contribution in [0.4, 0.5) is 5.69 Å². The topological polar surface area (TPSA) is 29.1 Å². The van der Waals surface area contributed by atoms with Gasteiger partial charge >= 0.3 is 0 Å². The molecule has 2 nitrogen and oxygen atoms in total. The minimum absolute atomic E-state index is 0.607. The van der Waals surface area contributed by atoms with Gasteiger partial charge in [0.1, 0.15) is 6.29 Å². The number of carbonyl (C=O) groups excluding carboxylic acids is 1. The lowest BCUT2D eigenvalue weighted by Crippen LogP contribution is -2.00. The summed E-state index contributed by atoms with van der Waals surface area (Å²) in [5.74, 6) is 0.607. The van der Waals surface area contributed by atoms with Crippen molar-refractivity contribution in [2.24, 2.45) is 5.92 Å². The second kappa shape index (κ2) is 6.11. The first-order valence-corrected chi connectivity index (χ1v) is 5.60. The molecule has 0 saturated heterocycles. The molecule has 0 aliphatic carbocycles. The van der Waals surface area contributed by atoms with E-state index in [9.17, 15) is 4.79 Å². The maximum atomic E-state index is 10.4. The number of hydrogen-bond donors (Lipinski definition) is 1. The Morgan fingerprint density at radius 2 is 2.12 bits per heavy atom. The van der Waals surface area contributed by atoms with Crippen molar-refractivity contribution in [1.29, 1.82) is 0 Å². The zero-order valence-corrected chi connectivity index (χ0v) is 10.2. The smallest absolute Gasteiger partial charge is 0.142 e. The van der Waals surface area contributed by atoms with Crippen LogP contribution in [-0.2, 0) is 11.2 Å². The van der Waals surface area contributed by atoms with Gasteiger partial charge in [-0.05, 0) is 36.1 Å². The van der Waals surface area contributed by atoms with Gasteiger partial charge in [0.2, 0.25) is 0 Å². The minimum Gasteiger partial charge on any atom is -0.388 e. The second-order valence-corrected chi connectivity index (χ2v) is 4.22. The van der Waals surface area contributed by atoms with Crippen molar-refractivity contribution >= 4 is 18.0 Å². The average molecular weight is 217 g/mol. The fraction of sp³-hybridized carbons (Fsp3) is 0.357. The zero-order chi connectivity index (χ0) is 12.0. The van der Waals surface area contributed by atoms with Crippen LogP contribution in [-0.4, -0.2) is 13.3 Å². The summed E-state index contributed by atoms with van der Waals surface area (Å²) in [4.78, 5) is 10.4. The molecule has 0 aromatic heterocycles. The molecular weight excluding hydrogens is 198 g/mol. The van der Waals surface area contributed by atoms with Crippen molar-refractivity contribution in [2.45, 2.75) is 20.3 Å². The molecule has 0 bridgehead atoms. The van der Waals surface area contributed by atoms with Gasteiger partial charge in [-0.25, -0.2) is 0 Å². The van der Waals surface area contributed by atoms with E-state index in [1.807, 2.05) is 25.3 Å². The standard InChI is InChI=1S/C14H19NO/c1-11(2)10-12-6-4-8-14(15-3)13(12)7-5-9-16/h4-9,11,15H,10H2,1-3H3/b7-5-. The molecule has 1 N–H and O–H groups in total. The van der Waals surface area contributed by atoms with E-state index in [0.29, 0.717) is 5.92 Å². The van der Waals surface area contributed by atoms with Crippen molar-refractivity contribution < 1.29 is 4.79 Å². The molecule has 16 heavy (non-hydrogen) atoms. The van der Waals surface area contributed by atoms with Crippen LogP contribution < -0.4 is 5.32 Å². The Bertz CT molecular complexity index is 380. The third kappa shape index (κ3) is 3.23. The molecule has 0 aliphatic rings. The van der Waals surface area contributed by atoms with Gasteiger partial charge in [0.25, 0.3) is 0 Å². The Morgan fingerprint density at radius 1 is 1.38 bits per heavy atom. The molecule has 1 aromatic carbocycles. The summed E-state index contributed by atoms with van der Waals surface area (Å²) in [5, 5.41) is 3.15. The maximum absolute atomic E-state index is 10.4. The SMILES string of the molecule is CNc1cccc(CC(C)C)c1/C=C\C=O. The Hall–Kier alpha value is -1.57. The summed E-state index contributed by atoms with van der Waals surface area (Å²) in [6, 6.07) is 6.18. The minimum atomic E-state index is 0.607. The summed E-state index contributed by atoms with van der Waals surface area (Å²) in [7, 11) is 1.90. The Balaban J connectivity index is 3.14. The van der Waals surface area contributed by atoms with E-state index < -0.39 is 0 Å². The van der Waals surface area contributed by atoms with E-state index in [1.54, 1.807) is 6.08 Å². The third-order valence-corrected chi connectivity index (χ3v) is 2.44. The van der Waals surface area contributed by atoms with E-state index in [0.717, 1.165) is 24.0 Å². The number of rotatable bonds is 5. The highest BCUT2D eigenvalue weighted by atomic mass is 16.1. The van der Waals surface area contributed by atoms with Crippen LogP contribution in [0.25, 0.3) is 6.08 Å². The van der Waals surface area contributed by atoms with Gasteiger partial charge < -0.3 is 5.32 Å². The van der Waals surface area contributed by atoms with E-state index in [1.165, 1.54) is 5.56 Å².